The van der Waals surface area contributed by atoms with E-state index in [2.05, 4.69) is 5.32 Å². The molecule has 2 saturated heterocycles. The van der Waals surface area contributed by atoms with Crippen LogP contribution in [-0.2, 0) is 34.0 Å². The van der Waals surface area contributed by atoms with Gasteiger partial charge in [0, 0.05) is 53.7 Å². The summed E-state index contributed by atoms with van der Waals surface area (Å²) in [7, 11) is 0. The first-order chi connectivity index (χ1) is 19.5. The van der Waals surface area contributed by atoms with Gasteiger partial charge >= 0.3 is 0 Å². The van der Waals surface area contributed by atoms with Crippen molar-refractivity contribution in [3.05, 3.63) is 64.5 Å². The number of amides is 3. The molecule has 3 heterocycles. The van der Waals surface area contributed by atoms with Gasteiger partial charge in [0.05, 0.1) is 21.4 Å². The minimum absolute atomic E-state index is 0.0676. The molecule has 190 valence electrons. The summed E-state index contributed by atoms with van der Waals surface area (Å²) in [6, 6.07) is 8.33. The molecule has 36 heavy (non-hydrogen) atoms. The molecule has 3 amide bonds. The maximum atomic E-state index is 15.7. The van der Waals surface area contributed by atoms with Gasteiger partial charge in [-0.2, -0.15) is 0 Å². The Morgan fingerprint density at radius 2 is 1.86 bits per heavy atom. The minimum atomic E-state index is -2.72. The van der Waals surface area contributed by atoms with Gasteiger partial charge in [0.15, 0.2) is 0 Å². The molecular formula is C27H30FN3O5. The highest BCUT2D eigenvalue weighted by atomic mass is 19.1. The second kappa shape index (κ2) is 9.99. The van der Waals surface area contributed by atoms with Gasteiger partial charge in [-0.15, -0.1) is 0 Å². The number of carbonyl (C=O) groups is 3. The highest BCUT2D eigenvalue weighted by Crippen LogP contribution is 2.34. The molecule has 2 aromatic carbocycles. The van der Waals surface area contributed by atoms with E-state index >= 15 is 4.39 Å². The van der Waals surface area contributed by atoms with Crippen LogP contribution in [0.2, 0.25) is 0 Å². The lowest BCUT2D eigenvalue weighted by atomic mass is 10.0. The van der Waals surface area contributed by atoms with Crippen molar-refractivity contribution in [1.29, 1.82) is 0 Å². The van der Waals surface area contributed by atoms with Gasteiger partial charge in [0.1, 0.15) is 24.2 Å². The van der Waals surface area contributed by atoms with Crippen LogP contribution in [0.3, 0.4) is 0 Å². The van der Waals surface area contributed by atoms with E-state index in [1.807, 2.05) is 0 Å². The number of nitrogens with zero attached hydrogens (tertiary/aromatic N) is 2. The summed E-state index contributed by atoms with van der Waals surface area (Å²) in [6.07, 6.45) is -4.32. The Morgan fingerprint density at radius 1 is 1.14 bits per heavy atom. The van der Waals surface area contributed by atoms with E-state index in [0.717, 1.165) is 13.8 Å². The van der Waals surface area contributed by atoms with Crippen LogP contribution in [0.5, 0.6) is 5.75 Å². The third-order valence-corrected chi connectivity index (χ3v) is 6.30. The number of benzene rings is 2. The van der Waals surface area contributed by atoms with E-state index < -0.39 is 55.4 Å². The van der Waals surface area contributed by atoms with Crippen molar-refractivity contribution in [2.24, 2.45) is 0 Å². The van der Waals surface area contributed by atoms with Crippen molar-refractivity contribution < 1.29 is 36.5 Å². The fraction of sp³-hybridized carbons (Fsp3) is 0.444. The van der Waals surface area contributed by atoms with Crippen LogP contribution in [0.4, 0.5) is 4.39 Å². The van der Waals surface area contributed by atoms with Crippen LogP contribution in [-0.4, -0.2) is 58.7 Å². The Bertz CT molecular complexity index is 1440. The number of piperidine rings is 1. The molecule has 0 bridgehead atoms. The number of rotatable bonds is 6. The third-order valence-electron chi connectivity index (χ3n) is 6.30. The molecule has 0 aromatic heterocycles. The SMILES string of the molecule is [2H]C1(C)OC([2H])(C)C([2H])([2H])N(Cc2cccc(COc3cccc4c3CN(C3CCC(=O)NC3=O)C4=O)c2F)C1([2H])[2H]. The molecular weight excluding hydrogens is 465 g/mol. The maximum absolute atomic E-state index is 15.7. The number of imide groups is 1. The molecule has 0 saturated carbocycles. The molecule has 9 heteroatoms. The van der Waals surface area contributed by atoms with E-state index in [-0.39, 0.29) is 43.0 Å². The molecule has 2 fully saturated rings. The minimum Gasteiger partial charge on any atom is -0.488 e. The lowest BCUT2D eigenvalue weighted by Crippen LogP contribution is -2.52. The molecule has 3 unspecified atom stereocenters. The van der Waals surface area contributed by atoms with Crippen LogP contribution >= 0.6 is 0 Å². The van der Waals surface area contributed by atoms with E-state index in [1.165, 1.54) is 23.1 Å². The molecule has 5 rings (SSSR count). The largest absolute Gasteiger partial charge is 0.488 e. The first-order valence-electron chi connectivity index (χ1n) is 14.6. The van der Waals surface area contributed by atoms with E-state index in [4.69, 9.17) is 17.7 Å². The molecule has 3 aliphatic heterocycles. The second-order valence-electron chi connectivity index (χ2n) is 8.89. The number of morpholine rings is 1. The van der Waals surface area contributed by atoms with Gasteiger partial charge in [-0.1, -0.05) is 24.3 Å². The Labute approximate surface area is 217 Å². The number of halogens is 1. The van der Waals surface area contributed by atoms with Crippen molar-refractivity contribution in [3.63, 3.8) is 0 Å². The summed E-state index contributed by atoms with van der Waals surface area (Å²) < 4.78 is 77.1. The zero-order chi connectivity index (χ0) is 30.8. The molecule has 8 nitrogen and oxygen atoms in total. The third kappa shape index (κ3) is 4.85. The van der Waals surface area contributed by atoms with Crippen LogP contribution in [0, 0.1) is 5.82 Å². The van der Waals surface area contributed by atoms with Crippen LogP contribution in [0.25, 0.3) is 0 Å². The van der Waals surface area contributed by atoms with E-state index in [1.54, 1.807) is 18.2 Å². The van der Waals surface area contributed by atoms with Crippen molar-refractivity contribution >= 4 is 17.7 Å². The fourth-order valence-electron chi connectivity index (χ4n) is 4.65. The Morgan fingerprint density at radius 3 is 2.61 bits per heavy atom. The van der Waals surface area contributed by atoms with Gasteiger partial charge in [-0.25, -0.2) is 4.39 Å². The number of carbonyl (C=O) groups excluding carboxylic acids is 3. The molecule has 2 aromatic rings. The smallest absolute Gasteiger partial charge is 0.255 e. The quantitative estimate of drug-likeness (QED) is 0.613. The summed E-state index contributed by atoms with van der Waals surface area (Å²) in [6.45, 7) is -4.07. The lowest BCUT2D eigenvalue weighted by Gasteiger charge is -2.35. The Balaban J connectivity index is 1.36. The molecule has 3 atom stereocenters. The van der Waals surface area contributed by atoms with Gasteiger partial charge in [-0.05, 0) is 32.4 Å². The van der Waals surface area contributed by atoms with Crippen LogP contribution < -0.4 is 10.1 Å². The van der Waals surface area contributed by atoms with Crippen molar-refractivity contribution in [3.8, 4) is 5.75 Å². The van der Waals surface area contributed by atoms with Gasteiger partial charge in [-0.3, -0.25) is 24.6 Å². The summed E-state index contributed by atoms with van der Waals surface area (Å²) in [5, 5.41) is 2.25. The van der Waals surface area contributed by atoms with Gasteiger partial charge in [0.2, 0.25) is 11.8 Å². The zero-order valence-electron chi connectivity index (χ0n) is 25.9. The number of hydrogen-bond acceptors (Lipinski definition) is 6. The normalized spacial score (nSPS) is 33.9. The summed E-state index contributed by atoms with van der Waals surface area (Å²) in [5.41, 5.74) is 0.853. The Kier molecular flexibility index (Phi) is 5.00. The van der Waals surface area contributed by atoms with Gasteiger partial charge in [0.25, 0.3) is 5.91 Å². The fourth-order valence-corrected chi connectivity index (χ4v) is 4.65. The average molecular weight is 502 g/mol. The number of nitrogens with one attached hydrogen (secondary N) is 1. The molecule has 0 spiro atoms. The molecule has 0 radical (unpaired) electrons. The molecule has 1 N–H and O–H groups in total. The molecule has 3 aliphatic rings. The monoisotopic (exact) mass is 501 g/mol. The average Bonchev–Trinajstić information content (AvgIpc) is 3.22. The van der Waals surface area contributed by atoms with E-state index in [0.29, 0.717) is 21.8 Å². The Hall–Kier alpha value is -3.30. The first-order valence-corrected chi connectivity index (χ1v) is 11.6. The summed E-state index contributed by atoms with van der Waals surface area (Å²) >= 11 is 0. The predicted molar refractivity (Wildman–Crippen MR) is 129 cm³/mol. The summed E-state index contributed by atoms with van der Waals surface area (Å²) in [5.74, 6) is -1.79. The standard InChI is InChI=1S/C27H30FN3O5/c1-16-11-30(12-17(2)36-16)13-18-5-3-6-19(25(18)28)15-35-23-8-4-7-20-21(23)14-31(27(20)34)22-9-10-24(32)29-26(22)33/h3-8,16-17,22H,9-15H2,1-2H3,(H,29,32,33)/i11D2,12D2,16D,17D. The predicted octanol–water partition coefficient (Wildman–Crippen LogP) is 2.77. The van der Waals surface area contributed by atoms with Crippen molar-refractivity contribution in [2.45, 2.75) is 64.6 Å². The maximum Gasteiger partial charge on any atom is 0.255 e. The second-order valence-corrected chi connectivity index (χ2v) is 8.89. The zero-order valence-corrected chi connectivity index (χ0v) is 19.9. The summed E-state index contributed by atoms with van der Waals surface area (Å²) in [4.78, 5) is 39.0. The molecule has 0 aliphatic carbocycles. The number of ether oxygens (including phenoxy) is 2. The van der Waals surface area contributed by atoms with Crippen LogP contribution in [0.1, 0.15) is 62.0 Å². The highest BCUT2D eigenvalue weighted by Gasteiger charge is 2.40. The van der Waals surface area contributed by atoms with Crippen molar-refractivity contribution in [2.75, 3.05) is 13.0 Å². The van der Waals surface area contributed by atoms with Gasteiger partial charge < -0.3 is 14.4 Å². The van der Waals surface area contributed by atoms with Crippen molar-refractivity contribution in [1.82, 2.24) is 15.1 Å². The highest BCUT2D eigenvalue weighted by molar-refractivity contribution is 6.05. The first kappa shape index (κ1) is 18.0. The number of hydrogen-bond donors (Lipinski definition) is 1. The topological polar surface area (TPSA) is 88.2 Å². The van der Waals surface area contributed by atoms with Crippen LogP contribution in [0.15, 0.2) is 36.4 Å². The number of fused-ring (bicyclic) bond motifs is 1. The lowest BCUT2D eigenvalue weighted by molar-refractivity contribution is -0.136. The van der Waals surface area contributed by atoms with E-state index in [9.17, 15) is 14.4 Å².